The van der Waals surface area contributed by atoms with E-state index in [9.17, 15) is 9.59 Å². The molecule has 2 aliphatic heterocycles. The molecule has 2 aromatic carbocycles. The normalized spacial score (nSPS) is 18.6. The van der Waals surface area contributed by atoms with Crippen LogP contribution in [0.1, 0.15) is 41.6 Å². The van der Waals surface area contributed by atoms with E-state index in [2.05, 4.69) is 4.90 Å². The molecule has 0 saturated carbocycles. The van der Waals surface area contributed by atoms with Gasteiger partial charge in [0.05, 0.1) is 10.7 Å². The van der Waals surface area contributed by atoms with Crippen molar-refractivity contribution in [3.05, 3.63) is 56.5 Å². The molecular weight excluding hydrogens is 487 g/mol. The second-order valence-corrected chi connectivity index (χ2v) is 9.69. The van der Waals surface area contributed by atoms with Crippen LogP contribution in [0, 0.1) is 0 Å². The number of esters is 1. The molecule has 2 aromatic rings. The molecule has 9 heteroatoms. The predicted molar refractivity (Wildman–Crippen MR) is 130 cm³/mol. The van der Waals surface area contributed by atoms with Gasteiger partial charge in [-0.1, -0.05) is 34.8 Å². The minimum atomic E-state index is -0.690. The number of nitrogen functional groups attached to an aromatic ring is 1. The van der Waals surface area contributed by atoms with Gasteiger partial charge in [-0.15, -0.1) is 0 Å². The van der Waals surface area contributed by atoms with Crippen molar-refractivity contribution in [2.75, 3.05) is 25.4 Å². The molecule has 1 unspecified atom stereocenters. The molecule has 2 N–H and O–H groups in total. The van der Waals surface area contributed by atoms with Gasteiger partial charge in [0.2, 0.25) is 0 Å². The molecule has 4 rings (SSSR count). The van der Waals surface area contributed by atoms with Gasteiger partial charge in [-0.2, -0.15) is 0 Å². The molecule has 0 spiro atoms. The molecule has 0 amide bonds. The van der Waals surface area contributed by atoms with Crippen molar-refractivity contribution in [1.29, 1.82) is 0 Å². The van der Waals surface area contributed by atoms with Crippen molar-refractivity contribution in [3.63, 3.8) is 0 Å². The first-order chi connectivity index (χ1) is 15.8. The lowest BCUT2D eigenvalue weighted by Gasteiger charge is -2.31. The van der Waals surface area contributed by atoms with Crippen LogP contribution in [0.4, 0.5) is 5.69 Å². The number of rotatable bonds is 7. The Hall–Kier alpha value is -1.99. The number of ketones is 1. The third-order valence-electron chi connectivity index (χ3n) is 6.06. The zero-order valence-corrected chi connectivity index (χ0v) is 20.3. The molecule has 0 radical (unpaired) electrons. The van der Waals surface area contributed by atoms with Crippen molar-refractivity contribution in [2.24, 2.45) is 0 Å². The van der Waals surface area contributed by atoms with E-state index >= 15 is 0 Å². The van der Waals surface area contributed by atoms with Gasteiger partial charge in [-0.25, -0.2) is 4.79 Å². The number of likely N-dealkylation sites (tertiary alicyclic amines) is 1. The summed E-state index contributed by atoms with van der Waals surface area (Å²) >= 11 is 18.0. The van der Waals surface area contributed by atoms with Gasteiger partial charge < -0.3 is 20.1 Å². The molecule has 6 nitrogen and oxygen atoms in total. The van der Waals surface area contributed by atoms with Gasteiger partial charge in [-0.05, 0) is 56.1 Å². The van der Waals surface area contributed by atoms with Crippen molar-refractivity contribution < 1.29 is 19.1 Å². The number of ether oxygens (including phenoxy) is 2. The highest BCUT2D eigenvalue weighted by atomic mass is 35.5. The summed E-state index contributed by atoms with van der Waals surface area (Å²) in [6, 6.07) is 8.29. The lowest BCUT2D eigenvalue weighted by molar-refractivity contribution is -0.158. The minimum Gasteiger partial charge on any atom is -0.478 e. The van der Waals surface area contributed by atoms with Crippen LogP contribution in [-0.2, 0) is 16.0 Å². The van der Waals surface area contributed by atoms with E-state index in [1.165, 1.54) is 0 Å². The van der Waals surface area contributed by atoms with Crippen LogP contribution in [0.3, 0.4) is 0 Å². The average Bonchev–Trinajstić information content (AvgIpc) is 3.22. The number of carbonyl (C=O) groups is 2. The van der Waals surface area contributed by atoms with E-state index in [-0.39, 0.29) is 17.9 Å². The number of hydrogen-bond donors (Lipinski definition) is 1. The third kappa shape index (κ3) is 5.93. The molecule has 0 aliphatic carbocycles. The summed E-state index contributed by atoms with van der Waals surface area (Å²) < 4.78 is 11.4. The number of anilines is 1. The topological polar surface area (TPSA) is 81.9 Å². The van der Waals surface area contributed by atoms with Crippen LogP contribution in [0.15, 0.2) is 30.3 Å². The maximum absolute atomic E-state index is 12.6. The van der Waals surface area contributed by atoms with E-state index in [0.29, 0.717) is 44.9 Å². The largest absolute Gasteiger partial charge is 0.478 e. The van der Waals surface area contributed by atoms with Crippen molar-refractivity contribution >= 4 is 52.2 Å². The van der Waals surface area contributed by atoms with Crippen molar-refractivity contribution in [2.45, 2.75) is 44.3 Å². The van der Waals surface area contributed by atoms with E-state index in [1.807, 2.05) is 0 Å². The zero-order valence-electron chi connectivity index (χ0n) is 18.0. The fraction of sp³-hybridized carbons (Fsp3) is 0.417. The molecule has 1 atom stereocenters. The minimum absolute atomic E-state index is 0.0303. The van der Waals surface area contributed by atoms with Gasteiger partial charge in [0.25, 0.3) is 0 Å². The van der Waals surface area contributed by atoms with Crippen LogP contribution in [-0.4, -0.2) is 48.5 Å². The molecule has 33 heavy (non-hydrogen) atoms. The second-order valence-electron chi connectivity index (χ2n) is 8.41. The summed E-state index contributed by atoms with van der Waals surface area (Å²) in [7, 11) is 0. The Bertz CT molecular complexity index is 1030. The number of Topliss-reactive ketones (excluding diaryl/α,β-unsaturated/α-hetero) is 1. The molecule has 2 aliphatic rings. The van der Waals surface area contributed by atoms with Crippen LogP contribution in [0.5, 0.6) is 5.75 Å². The lowest BCUT2D eigenvalue weighted by Crippen LogP contribution is -2.40. The first-order valence-corrected chi connectivity index (χ1v) is 12.1. The van der Waals surface area contributed by atoms with Crippen molar-refractivity contribution in [1.82, 2.24) is 4.90 Å². The molecule has 0 bridgehead atoms. The Morgan fingerprint density at radius 1 is 1.09 bits per heavy atom. The summed E-state index contributed by atoms with van der Waals surface area (Å²) in [5.74, 6) is 0.247. The van der Waals surface area contributed by atoms with Crippen LogP contribution in [0.2, 0.25) is 15.1 Å². The summed E-state index contributed by atoms with van der Waals surface area (Å²) in [6.07, 6.45) is 2.20. The smallest absolute Gasteiger partial charge is 0.347 e. The SMILES string of the molecule is Nc1c(Cl)ccc2c1CC(C(=O)OC1CCN(CCCC(=O)c3cc(Cl)cc(Cl)c3)CC1)O2. The standard InChI is InChI=1S/C24H25Cl3N2O4/c25-15-10-14(11-16(26)12-15)20(30)2-1-7-29-8-5-17(6-9-29)32-24(31)22-13-18-21(33-22)4-3-19(27)23(18)28/h3-4,10-12,17,22H,1-2,5-9,13,28H2. The molecule has 0 aromatic heterocycles. The number of carbonyl (C=O) groups excluding carboxylic acids is 2. The predicted octanol–water partition coefficient (Wildman–Crippen LogP) is 5.20. The number of nitrogens with two attached hydrogens (primary N) is 1. The second kappa shape index (κ2) is 10.5. The lowest BCUT2D eigenvalue weighted by atomic mass is 10.0. The molecular formula is C24H25Cl3N2O4. The van der Waals surface area contributed by atoms with Gasteiger partial charge in [0.1, 0.15) is 11.9 Å². The Morgan fingerprint density at radius 3 is 2.48 bits per heavy atom. The Labute approximate surface area is 207 Å². The van der Waals surface area contributed by atoms with Crippen LogP contribution < -0.4 is 10.5 Å². The number of piperidine rings is 1. The van der Waals surface area contributed by atoms with E-state index in [0.717, 1.165) is 44.5 Å². The quantitative estimate of drug-likeness (QED) is 0.312. The fourth-order valence-corrected chi connectivity index (χ4v) is 4.97. The molecule has 1 saturated heterocycles. The monoisotopic (exact) mass is 510 g/mol. The Morgan fingerprint density at radius 2 is 1.79 bits per heavy atom. The molecule has 1 fully saturated rings. The third-order valence-corrected chi connectivity index (χ3v) is 6.83. The Kier molecular flexibility index (Phi) is 7.69. The summed E-state index contributed by atoms with van der Waals surface area (Å²) in [4.78, 5) is 27.3. The first kappa shape index (κ1) is 24.1. The van der Waals surface area contributed by atoms with Gasteiger partial charge in [0.15, 0.2) is 11.9 Å². The average molecular weight is 512 g/mol. The highest BCUT2D eigenvalue weighted by molar-refractivity contribution is 6.35. The summed E-state index contributed by atoms with van der Waals surface area (Å²) in [5, 5.41) is 1.38. The molecule has 2 heterocycles. The molecule has 176 valence electrons. The maximum atomic E-state index is 12.6. The van der Waals surface area contributed by atoms with Crippen LogP contribution >= 0.6 is 34.8 Å². The number of benzene rings is 2. The first-order valence-electron chi connectivity index (χ1n) is 11.0. The highest BCUT2D eigenvalue weighted by Crippen LogP contribution is 2.37. The van der Waals surface area contributed by atoms with E-state index < -0.39 is 6.10 Å². The van der Waals surface area contributed by atoms with E-state index in [1.54, 1.807) is 30.3 Å². The summed E-state index contributed by atoms with van der Waals surface area (Å²) in [6.45, 7) is 2.43. The zero-order chi connectivity index (χ0) is 23.5. The Balaban J connectivity index is 1.18. The van der Waals surface area contributed by atoms with Crippen molar-refractivity contribution in [3.8, 4) is 5.75 Å². The van der Waals surface area contributed by atoms with Gasteiger partial charge >= 0.3 is 5.97 Å². The number of nitrogens with zero attached hydrogens (tertiary/aromatic N) is 1. The maximum Gasteiger partial charge on any atom is 0.347 e. The number of halogens is 3. The number of fused-ring (bicyclic) bond motifs is 1. The van der Waals surface area contributed by atoms with Crippen LogP contribution in [0.25, 0.3) is 0 Å². The van der Waals surface area contributed by atoms with Gasteiger partial charge in [0, 0.05) is 47.1 Å². The summed E-state index contributed by atoms with van der Waals surface area (Å²) in [5.41, 5.74) is 7.75. The van der Waals surface area contributed by atoms with Gasteiger partial charge in [-0.3, -0.25) is 4.79 Å². The highest BCUT2D eigenvalue weighted by Gasteiger charge is 2.34. The number of hydrogen-bond acceptors (Lipinski definition) is 6. The van der Waals surface area contributed by atoms with E-state index in [4.69, 9.17) is 50.0 Å². The fourth-order valence-electron chi connectivity index (χ4n) is 4.26.